The quantitative estimate of drug-likeness (QED) is 0.866. The summed E-state index contributed by atoms with van der Waals surface area (Å²) in [4.78, 5) is 23.2. The number of anilines is 1. The Balaban J connectivity index is 2.39. The van der Waals surface area contributed by atoms with E-state index in [1.807, 2.05) is 0 Å². The number of nitrogens with zero attached hydrogens (tertiary/aromatic N) is 2. The van der Waals surface area contributed by atoms with Crippen LogP contribution in [0.15, 0.2) is 23.3 Å². The van der Waals surface area contributed by atoms with E-state index in [1.54, 1.807) is 25.1 Å². The predicted molar refractivity (Wildman–Crippen MR) is 74.4 cm³/mol. The molecule has 1 heterocycles. The van der Waals surface area contributed by atoms with E-state index in [2.05, 4.69) is 10.4 Å². The fraction of sp³-hybridized carbons (Fsp3) is 0.250. The molecule has 0 saturated heterocycles. The molecular weight excluding hydrogens is 289 g/mol. The number of rotatable bonds is 1. The molecule has 0 aliphatic carbocycles. The highest BCUT2D eigenvalue weighted by atomic mass is 35.5. The fourth-order valence-corrected chi connectivity index (χ4v) is 2.04. The van der Waals surface area contributed by atoms with Gasteiger partial charge in [0.05, 0.1) is 16.6 Å². The highest BCUT2D eigenvalue weighted by Gasteiger charge is 2.34. The van der Waals surface area contributed by atoms with Crippen LogP contribution in [0.2, 0.25) is 10.0 Å². The fourth-order valence-electron chi connectivity index (χ4n) is 1.68. The molecule has 1 aromatic carbocycles. The van der Waals surface area contributed by atoms with Gasteiger partial charge >= 0.3 is 0 Å². The maximum atomic E-state index is 12.1. The number of amides is 2. The van der Waals surface area contributed by atoms with Crippen molar-refractivity contribution in [3.63, 3.8) is 0 Å². The van der Waals surface area contributed by atoms with E-state index in [0.29, 0.717) is 21.6 Å². The third-order valence-corrected chi connectivity index (χ3v) is 3.19. The minimum atomic E-state index is -0.529. The monoisotopic (exact) mass is 299 g/mol. The topological polar surface area (TPSA) is 61.8 Å². The molecule has 1 aliphatic rings. The predicted octanol–water partition coefficient (Wildman–Crippen LogP) is 2.43. The summed E-state index contributed by atoms with van der Waals surface area (Å²) in [5.41, 5.74) is 0.395. The van der Waals surface area contributed by atoms with Crippen molar-refractivity contribution in [3.05, 3.63) is 28.2 Å². The molecule has 2 rings (SSSR count). The molecule has 0 aromatic heterocycles. The number of amidine groups is 1. The first-order chi connectivity index (χ1) is 8.90. The van der Waals surface area contributed by atoms with E-state index in [4.69, 9.17) is 23.2 Å². The zero-order valence-electron chi connectivity index (χ0n) is 10.3. The summed E-state index contributed by atoms with van der Waals surface area (Å²) in [7, 11) is 0. The van der Waals surface area contributed by atoms with Crippen LogP contribution in [0.3, 0.4) is 0 Å². The lowest BCUT2D eigenvalue weighted by Crippen LogP contribution is -2.33. The van der Waals surface area contributed by atoms with Gasteiger partial charge in [-0.15, -0.1) is 0 Å². The molecular formula is C12H11Cl2N3O2. The second kappa shape index (κ2) is 5.19. The number of hydrogen-bond acceptors (Lipinski definition) is 3. The molecule has 1 aromatic rings. The van der Waals surface area contributed by atoms with Gasteiger partial charge in [-0.2, -0.15) is 10.1 Å². The Morgan fingerprint density at radius 1 is 1.42 bits per heavy atom. The zero-order chi connectivity index (χ0) is 14.2. The van der Waals surface area contributed by atoms with Gasteiger partial charge in [-0.3, -0.25) is 9.59 Å². The molecule has 7 heteroatoms. The van der Waals surface area contributed by atoms with Crippen LogP contribution in [0.25, 0.3) is 0 Å². The van der Waals surface area contributed by atoms with E-state index in [0.717, 1.165) is 5.01 Å². The Morgan fingerprint density at radius 3 is 2.74 bits per heavy atom. The molecule has 0 spiro atoms. The van der Waals surface area contributed by atoms with Crippen molar-refractivity contribution < 1.29 is 9.59 Å². The first-order valence-corrected chi connectivity index (χ1v) is 6.31. The van der Waals surface area contributed by atoms with Gasteiger partial charge in [0.2, 0.25) is 5.91 Å². The molecule has 1 atom stereocenters. The second-order valence-corrected chi connectivity index (χ2v) is 4.98. The van der Waals surface area contributed by atoms with Gasteiger partial charge in [0.1, 0.15) is 5.84 Å². The van der Waals surface area contributed by atoms with Crippen LogP contribution in [0, 0.1) is 5.92 Å². The van der Waals surface area contributed by atoms with Gasteiger partial charge in [0, 0.05) is 11.9 Å². The van der Waals surface area contributed by atoms with Crippen LogP contribution in [-0.4, -0.2) is 17.6 Å². The Hall–Kier alpha value is -1.59. The van der Waals surface area contributed by atoms with Crippen LogP contribution in [0.5, 0.6) is 0 Å². The summed E-state index contributed by atoms with van der Waals surface area (Å²) in [5.74, 6) is -0.780. The SMILES string of the molecule is CC(=O)NC1=NN(c2cc(Cl)ccc2Cl)C(=O)C1C. The van der Waals surface area contributed by atoms with E-state index in [9.17, 15) is 9.59 Å². The Bertz CT molecular complexity index is 586. The number of halogens is 2. The van der Waals surface area contributed by atoms with Crippen molar-refractivity contribution in [2.24, 2.45) is 11.0 Å². The van der Waals surface area contributed by atoms with Gasteiger partial charge in [-0.25, -0.2) is 0 Å². The van der Waals surface area contributed by atoms with E-state index < -0.39 is 5.92 Å². The molecule has 1 N–H and O–H groups in total. The number of hydrogen-bond donors (Lipinski definition) is 1. The summed E-state index contributed by atoms with van der Waals surface area (Å²) in [6, 6.07) is 4.76. The van der Waals surface area contributed by atoms with Crippen molar-refractivity contribution in [1.29, 1.82) is 0 Å². The van der Waals surface area contributed by atoms with Crippen LogP contribution in [0.1, 0.15) is 13.8 Å². The number of carbonyl (C=O) groups is 2. The number of carbonyl (C=O) groups excluding carboxylic acids is 2. The largest absolute Gasteiger partial charge is 0.312 e. The summed E-state index contributed by atoms with van der Waals surface area (Å²) in [5, 5.41) is 8.58. The molecule has 0 radical (unpaired) electrons. The molecule has 0 fully saturated rings. The normalized spacial score (nSPS) is 18.5. The van der Waals surface area contributed by atoms with Gasteiger partial charge < -0.3 is 5.32 Å². The standard InChI is InChI=1S/C12H11Cl2N3O2/c1-6-11(15-7(2)18)16-17(12(6)19)10-5-8(13)3-4-9(10)14/h3-6H,1-2H3,(H,15,16,18). The Kier molecular flexibility index (Phi) is 3.78. The lowest BCUT2D eigenvalue weighted by Gasteiger charge is -2.14. The molecule has 2 amide bonds. The molecule has 5 nitrogen and oxygen atoms in total. The molecule has 1 unspecified atom stereocenters. The van der Waals surface area contributed by atoms with Gasteiger partial charge in [-0.05, 0) is 25.1 Å². The maximum absolute atomic E-state index is 12.1. The van der Waals surface area contributed by atoms with Crippen LogP contribution < -0.4 is 10.3 Å². The lowest BCUT2D eigenvalue weighted by molar-refractivity contribution is -0.119. The van der Waals surface area contributed by atoms with Crippen LogP contribution in [-0.2, 0) is 9.59 Å². The van der Waals surface area contributed by atoms with Gasteiger partial charge in [0.25, 0.3) is 5.91 Å². The number of nitrogens with one attached hydrogen (secondary N) is 1. The van der Waals surface area contributed by atoms with Crippen LogP contribution in [0.4, 0.5) is 5.69 Å². The average Bonchev–Trinajstić information content (AvgIpc) is 2.60. The van der Waals surface area contributed by atoms with E-state index in [1.165, 1.54) is 6.92 Å². The third-order valence-electron chi connectivity index (χ3n) is 2.64. The first kappa shape index (κ1) is 13.8. The molecule has 100 valence electrons. The lowest BCUT2D eigenvalue weighted by atomic mass is 10.1. The average molecular weight is 300 g/mol. The van der Waals surface area contributed by atoms with Crippen molar-refractivity contribution in [2.45, 2.75) is 13.8 Å². The summed E-state index contributed by atoms with van der Waals surface area (Å²) in [6.07, 6.45) is 0. The summed E-state index contributed by atoms with van der Waals surface area (Å²) < 4.78 is 0. The smallest absolute Gasteiger partial charge is 0.258 e. The van der Waals surface area contributed by atoms with E-state index in [-0.39, 0.29) is 11.8 Å². The summed E-state index contributed by atoms with van der Waals surface area (Å²) in [6.45, 7) is 3.02. The van der Waals surface area contributed by atoms with Crippen molar-refractivity contribution >= 4 is 46.5 Å². The van der Waals surface area contributed by atoms with Gasteiger partial charge in [0.15, 0.2) is 0 Å². The Morgan fingerprint density at radius 2 is 2.11 bits per heavy atom. The van der Waals surface area contributed by atoms with Crippen LogP contribution >= 0.6 is 23.2 Å². The maximum Gasteiger partial charge on any atom is 0.258 e. The number of benzene rings is 1. The molecule has 19 heavy (non-hydrogen) atoms. The molecule has 1 aliphatic heterocycles. The van der Waals surface area contributed by atoms with Crippen molar-refractivity contribution in [3.8, 4) is 0 Å². The van der Waals surface area contributed by atoms with Crippen molar-refractivity contribution in [2.75, 3.05) is 5.01 Å². The highest BCUT2D eigenvalue weighted by Crippen LogP contribution is 2.32. The van der Waals surface area contributed by atoms with E-state index >= 15 is 0 Å². The summed E-state index contributed by atoms with van der Waals surface area (Å²) >= 11 is 11.9. The van der Waals surface area contributed by atoms with Crippen molar-refractivity contribution in [1.82, 2.24) is 5.32 Å². The second-order valence-electron chi connectivity index (χ2n) is 4.13. The molecule has 0 saturated carbocycles. The highest BCUT2D eigenvalue weighted by molar-refractivity contribution is 6.36. The third kappa shape index (κ3) is 2.72. The number of hydrazone groups is 1. The Labute approximate surface area is 120 Å². The first-order valence-electron chi connectivity index (χ1n) is 5.55. The minimum absolute atomic E-state index is 0.270. The van der Waals surface area contributed by atoms with Gasteiger partial charge in [-0.1, -0.05) is 23.2 Å². The zero-order valence-corrected chi connectivity index (χ0v) is 11.8. The molecule has 0 bridgehead atoms. The minimum Gasteiger partial charge on any atom is -0.312 e.